The normalized spacial score (nSPS) is 24.6. The summed E-state index contributed by atoms with van der Waals surface area (Å²) >= 11 is 0. The molecular formula is C19H29FN2O3S. The van der Waals surface area contributed by atoms with Crippen LogP contribution in [-0.2, 0) is 9.84 Å². The van der Waals surface area contributed by atoms with E-state index in [1.807, 2.05) is 11.8 Å². The summed E-state index contributed by atoms with van der Waals surface area (Å²) in [5.74, 6) is -0.122. The standard InChI is InChI=1S/C19H29FN2O3S/c1-14-13-21(17-12-16(20)8-9-18(17)26(2,24)25)10-11-22(14)19(23)15-6-4-3-5-7-15/h8-9,12,14-15,19,23H,3-7,10-11,13H2,1-2H3/t14-,19?/m1/s1. The molecule has 3 rings (SSSR count). The predicted molar refractivity (Wildman–Crippen MR) is 100 cm³/mol. The Hall–Kier alpha value is -1.18. The van der Waals surface area contributed by atoms with Crippen LogP contribution in [-0.4, -0.2) is 56.6 Å². The number of halogens is 1. The smallest absolute Gasteiger partial charge is 0.177 e. The molecule has 1 saturated carbocycles. The molecule has 0 spiro atoms. The molecule has 1 unspecified atom stereocenters. The molecule has 7 heteroatoms. The lowest BCUT2D eigenvalue weighted by atomic mass is 9.87. The molecule has 26 heavy (non-hydrogen) atoms. The highest BCUT2D eigenvalue weighted by Gasteiger charge is 2.34. The van der Waals surface area contributed by atoms with Crippen LogP contribution < -0.4 is 4.90 Å². The molecule has 146 valence electrons. The minimum Gasteiger partial charge on any atom is -0.378 e. The SMILES string of the molecule is C[C@@H]1CN(c2cc(F)ccc2S(C)(=O)=O)CCN1C(O)C1CCCCC1. The average molecular weight is 385 g/mol. The van der Waals surface area contributed by atoms with Crippen LogP contribution >= 0.6 is 0 Å². The van der Waals surface area contributed by atoms with E-state index >= 15 is 0 Å². The summed E-state index contributed by atoms with van der Waals surface area (Å²) in [7, 11) is -3.44. The number of benzene rings is 1. The molecular weight excluding hydrogens is 355 g/mol. The third kappa shape index (κ3) is 4.21. The van der Waals surface area contributed by atoms with E-state index in [1.54, 1.807) is 0 Å². The second kappa shape index (κ2) is 7.82. The highest BCUT2D eigenvalue weighted by atomic mass is 32.2. The van der Waals surface area contributed by atoms with E-state index in [0.29, 0.717) is 31.2 Å². The van der Waals surface area contributed by atoms with Crippen molar-refractivity contribution in [2.75, 3.05) is 30.8 Å². The first-order valence-corrected chi connectivity index (χ1v) is 11.3. The van der Waals surface area contributed by atoms with Crippen molar-refractivity contribution in [1.29, 1.82) is 0 Å². The number of aliphatic hydroxyl groups is 1. The fraction of sp³-hybridized carbons (Fsp3) is 0.684. The first-order chi connectivity index (χ1) is 12.3. The van der Waals surface area contributed by atoms with Gasteiger partial charge >= 0.3 is 0 Å². The van der Waals surface area contributed by atoms with E-state index in [9.17, 15) is 17.9 Å². The van der Waals surface area contributed by atoms with E-state index < -0.39 is 21.9 Å². The molecule has 2 aliphatic rings. The Kier molecular flexibility index (Phi) is 5.89. The average Bonchev–Trinajstić information content (AvgIpc) is 2.60. The van der Waals surface area contributed by atoms with Gasteiger partial charge in [-0.15, -0.1) is 0 Å². The summed E-state index contributed by atoms with van der Waals surface area (Å²) in [6, 6.07) is 3.90. The molecule has 0 bridgehead atoms. The number of aliphatic hydroxyl groups excluding tert-OH is 1. The molecule has 2 atom stereocenters. The van der Waals surface area contributed by atoms with E-state index in [2.05, 4.69) is 4.90 Å². The third-order valence-corrected chi connectivity index (χ3v) is 6.90. The molecule has 1 aromatic carbocycles. The largest absolute Gasteiger partial charge is 0.378 e. The van der Waals surface area contributed by atoms with E-state index in [0.717, 1.165) is 19.1 Å². The van der Waals surface area contributed by atoms with Crippen molar-refractivity contribution in [3.63, 3.8) is 0 Å². The maximum absolute atomic E-state index is 13.8. The predicted octanol–water partition coefficient (Wildman–Crippen LogP) is 2.64. The van der Waals surface area contributed by atoms with Crippen molar-refractivity contribution in [2.24, 2.45) is 5.92 Å². The molecule has 1 N–H and O–H groups in total. The maximum atomic E-state index is 13.8. The Morgan fingerprint density at radius 2 is 1.88 bits per heavy atom. The van der Waals surface area contributed by atoms with Crippen molar-refractivity contribution >= 4 is 15.5 Å². The van der Waals surface area contributed by atoms with E-state index in [4.69, 9.17) is 0 Å². The quantitative estimate of drug-likeness (QED) is 0.809. The van der Waals surface area contributed by atoms with Crippen LogP contribution in [0.2, 0.25) is 0 Å². The Morgan fingerprint density at radius 3 is 2.50 bits per heavy atom. The van der Waals surface area contributed by atoms with Crippen LogP contribution in [0.3, 0.4) is 0 Å². The first-order valence-electron chi connectivity index (χ1n) is 9.46. The summed E-state index contributed by atoms with van der Waals surface area (Å²) < 4.78 is 37.9. The summed E-state index contributed by atoms with van der Waals surface area (Å²) in [6.45, 7) is 3.81. The molecule has 2 fully saturated rings. The minimum atomic E-state index is -3.44. The number of anilines is 1. The summed E-state index contributed by atoms with van der Waals surface area (Å²) in [6.07, 6.45) is 6.44. The van der Waals surface area contributed by atoms with Gasteiger partial charge in [-0.25, -0.2) is 12.8 Å². The van der Waals surface area contributed by atoms with Crippen LogP contribution in [0, 0.1) is 11.7 Å². The summed E-state index contributed by atoms with van der Waals surface area (Å²) in [5.41, 5.74) is 0.422. The lowest BCUT2D eigenvalue weighted by Gasteiger charge is -2.45. The minimum absolute atomic E-state index is 0.0661. The molecule has 0 amide bonds. The molecule has 0 radical (unpaired) electrons. The van der Waals surface area contributed by atoms with Gasteiger partial charge in [-0.2, -0.15) is 0 Å². The second-order valence-corrected chi connectivity index (χ2v) is 9.71. The molecule has 0 aromatic heterocycles. The second-order valence-electron chi connectivity index (χ2n) is 7.73. The van der Waals surface area contributed by atoms with Gasteiger partial charge in [0.25, 0.3) is 0 Å². The zero-order valence-corrected chi connectivity index (χ0v) is 16.4. The van der Waals surface area contributed by atoms with Crippen molar-refractivity contribution in [3.05, 3.63) is 24.0 Å². The van der Waals surface area contributed by atoms with Gasteiger partial charge in [0.1, 0.15) is 12.0 Å². The molecule has 1 aromatic rings. The van der Waals surface area contributed by atoms with Crippen LogP contribution in [0.5, 0.6) is 0 Å². The zero-order valence-electron chi connectivity index (χ0n) is 15.6. The molecule has 1 aliphatic carbocycles. The van der Waals surface area contributed by atoms with Gasteiger partial charge < -0.3 is 10.0 Å². The lowest BCUT2D eigenvalue weighted by Crippen LogP contribution is -2.57. The molecule has 1 aliphatic heterocycles. The van der Waals surface area contributed by atoms with Crippen molar-refractivity contribution in [2.45, 2.75) is 56.2 Å². The number of sulfone groups is 1. The first kappa shape index (κ1) is 19.6. The van der Waals surface area contributed by atoms with Crippen LogP contribution in [0.25, 0.3) is 0 Å². The number of rotatable bonds is 4. The number of hydrogen-bond acceptors (Lipinski definition) is 5. The highest BCUT2D eigenvalue weighted by Crippen LogP contribution is 2.32. The maximum Gasteiger partial charge on any atom is 0.177 e. The summed E-state index contributed by atoms with van der Waals surface area (Å²) in [5, 5.41) is 10.8. The van der Waals surface area contributed by atoms with Gasteiger partial charge in [-0.1, -0.05) is 19.3 Å². The monoisotopic (exact) mass is 384 g/mol. The zero-order chi connectivity index (χ0) is 18.9. The molecule has 5 nitrogen and oxygen atoms in total. The van der Waals surface area contributed by atoms with Gasteiger partial charge in [0.15, 0.2) is 9.84 Å². The van der Waals surface area contributed by atoms with Crippen molar-refractivity contribution in [1.82, 2.24) is 4.90 Å². The number of hydrogen-bond donors (Lipinski definition) is 1. The fourth-order valence-corrected chi connectivity index (χ4v) is 5.22. The van der Waals surface area contributed by atoms with Crippen LogP contribution in [0.15, 0.2) is 23.1 Å². The van der Waals surface area contributed by atoms with Crippen LogP contribution in [0.4, 0.5) is 10.1 Å². The third-order valence-electron chi connectivity index (χ3n) is 5.75. The Bertz CT molecular complexity index is 734. The lowest BCUT2D eigenvalue weighted by molar-refractivity contribution is -0.0727. The van der Waals surface area contributed by atoms with Crippen molar-refractivity contribution in [3.8, 4) is 0 Å². The number of nitrogens with zero attached hydrogens (tertiary/aromatic N) is 2. The summed E-state index contributed by atoms with van der Waals surface area (Å²) in [4.78, 5) is 4.20. The molecule has 1 saturated heterocycles. The van der Waals surface area contributed by atoms with E-state index in [1.165, 1.54) is 37.5 Å². The number of piperazine rings is 1. The highest BCUT2D eigenvalue weighted by molar-refractivity contribution is 7.90. The van der Waals surface area contributed by atoms with Crippen LogP contribution in [0.1, 0.15) is 39.0 Å². The van der Waals surface area contributed by atoms with Gasteiger partial charge in [0.2, 0.25) is 0 Å². The van der Waals surface area contributed by atoms with Gasteiger partial charge in [-0.05, 0) is 43.9 Å². The van der Waals surface area contributed by atoms with Gasteiger partial charge in [0, 0.05) is 31.9 Å². The topological polar surface area (TPSA) is 60.9 Å². The Labute approximate surface area is 155 Å². The Morgan fingerprint density at radius 1 is 1.19 bits per heavy atom. The van der Waals surface area contributed by atoms with Crippen molar-refractivity contribution < 1.29 is 17.9 Å². The van der Waals surface area contributed by atoms with E-state index in [-0.39, 0.29) is 10.9 Å². The van der Waals surface area contributed by atoms with Gasteiger partial charge in [-0.3, -0.25) is 4.90 Å². The Balaban J connectivity index is 1.76. The fourth-order valence-electron chi connectivity index (χ4n) is 4.34. The molecule has 1 heterocycles. The van der Waals surface area contributed by atoms with Gasteiger partial charge in [0.05, 0.1) is 10.6 Å².